The quantitative estimate of drug-likeness (QED) is 0.727. The molecule has 1 aliphatic rings. The van der Waals surface area contributed by atoms with E-state index in [2.05, 4.69) is 64.1 Å². The maximum Gasteiger partial charge on any atom is 0.0638 e. The Morgan fingerprint density at radius 1 is 1.29 bits per heavy atom. The van der Waals surface area contributed by atoms with Crippen molar-refractivity contribution in [1.29, 1.82) is 0 Å². The Hall–Kier alpha value is -1.17. The van der Waals surface area contributed by atoms with Crippen molar-refractivity contribution in [3.63, 3.8) is 0 Å². The topological polar surface area (TPSA) is 24.3 Å². The Kier molecular flexibility index (Phi) is 6.09. The highest BCUT2D eigenvalue weighted by atomic mass is 32.1. The van der Waals surface area contributed by atoms with Gasteiger partial charge in [0, 0.05) is 48.9 Å². The molecule has 3 rings (SSSR count). The van der Waals surface area contributed by atoms with Crippen LogP contribution < -0.4 is 0 Å². The highest BCUT2D eigenvalue weighted by Gasteiger charge is 2.25. The number of hydrogen-bond donors (Lipinski definition) is 0. The van der Waals surface area contributed by atoms with Crippen LogP contribution in [0.1, 0.15) is 42.8 Å². The monoisotopic (exact) mass is 346 g/mol. The van der Waals surface area contributed by atoms with Crippen LogP contribution in [0, 0.1) is 6.92 Å². The van der Waals surface area contributed by atoms with Crippen molar-refractivity contribution in [2.75, 3.05) is 19.6 Å². The van der Waals surface area contributed by atoms with Gasteiger partial charge < -0.3 is 0 Å². The highest BCUT2D eigenvalue weighted by molar-refractivity contribution is 7.09. The van der Waals surface area contributed by atoms with Crippen molar-refractivity contribution in [2.45, 2.75) is 59.3 Å². The van der Waals surface area contributed by atoms with Crippen molar-refractivity contribution >= 4 is 11.3 Å². The molecule has 1 aliphatic heterocycles. The van der Waals surface area contributed by atoms with Crippen molar-refractivity contribution in [1.82, 2.24) is 19.6 Å². The zero-order valence-corrected chi connectivity index (χ0v) is 16.1. The number of nitrogens with zero attached hydrogens (tertiary/aromatic N) is 4. The number of likely N-dealkylation sites (tertiary alicyclic amines) is 1. The van der Waals surface area contributed by atoms with Gasteiger partial charge in [0.1, 0.15) is 0 Å². The maximum atomic E-state index is 4.62. The number of likely N-dealkylation sites (N-methyl/N-ethyl adjacent to an activating group) is 1. The fourth-order valence-electron chi connectivity index (χ4n) is 3.74. The molecule has 0 radical (unpaired) electrons. The molecular weight excluding hydrogens is 316 g/mol. The number of aryl methyl sites for hydroxylation is 2. The second kappa shape index (κ2) is 8.28. The molecule has 0 spiro atoms. The predicted octanol–water partition coefficient (Wildman–Crippen LogP) is 3.76. The van der Waals surface area contributed by atoms with Gasteiger partial charge in [0.05, 0.1) is 5.69 Å². The van der Waals surface area contributed by atoms with Crippen LogP contribution in [-0.2, 0) is 19.6 Å². The molecule has 0 amide bonds. The van der Waals surface area contributed by atoms with Crippen LogP contribution in [0.25, 0.3) is 0 Å². The number of aromatic nitrogens is 2. The molecule has 24 heavy (non-hydrogen) atoms. The predicted molar refractivity (Wildman–Crippen MR) is 101 cm³/mol. The molecule has 1 fully saturated rings. The van der Waals surface area contributed by atoms with Crippen molar-refractivity contribution in [3.8, 4) is 0 Å². The Labute approximate surface area is 150 Å². The fourth-order valence-corrected chi connectivity index (χ4v) is 4.49. The standard InChI is InChI=1S/C19H30N4S/c1-4-22-10-6-8-18(22)14-21(15-19-9-7-11-24-19)12-17-13-23(5-2)20-16(17)3/h7,9,11,13,18H,4-6,8,10,12,14-15H2,1-3H3. The average Bonchev–Trinajstić information content (AvgIpc) is 3.30. The Morgan fingerprint density at radius 3 is 2.83 bits per heavy atom. The maximum absolute atomic E-state index is 4.62. The van der Waals surface area contributed by atoms with E-state index in [1.54, 1.807) is 0 Å². The summed E-state index contributed by atoms with van der Waals surface area (Å²) < 4.78 is 2.06. The molecule has 1 unspecified atom stereocenters. The SMILES string of the molecule is CCN1CCCC1CN(Cc1cccs1)Cc1cn(CC)nc1C. The molecule has 0 N–H and O–H groups in total. The van der Waals surface area contributed by atoms with Gasteiger partial charge >= 0.3 is 0 Å². The lowest BCUT2D eigenvalue weighted by atomic mass is 10.1. The van der Waals surface area contributed by atoms with Crippen LogP contribution in [0.5, 0.6) is 0 Å². The van der Waals surface area contributed by atoms with E-state index in [0.717, 1.165) is 26.2 Å². The zero-order valence-electron chi connectivity index (χ0n) is 15.2. The van der Waals surface area contributed by atoms with E-state index in [1.165, 1.54) is 42.1 Å². The number of rotatable bonds is 8. The third kappa shape index (κ3) is 4.26. The van der Waals surface area contributed by atoms with Crippen LogP contribution in [0.2, 0.25) is 0 Å². The Bertz CT molecular complexity index is 619. The lowest BCUT2D eigenvalue weighted by Gasteiger charge is -2.30. The smallest absolute Gasteiger partial charge is 0.0638 e. The molecule has 1 saturated heterocycles. The first-order valence-corrected chi connectivity index (χ1v) is 10.1. The summed E-state index contributed by atoms with van der Waals surface area (Å²) in [6, 6.07) is 5.12. The van der Waals surface area contributed by atoms with E-state index in [1.807, 2.05) is 11.3 Å². The van der Waals surface area contributed by atoms with Gasteiger partial charge in [0.15, 0.2) is 0 Å². The summed E-state index contributed by atoms with van der Waals surface area (Å²) in [7, 11) is 0. The lowest BCUT2D eigenvalue weighted by Crippen LogP contribution is -2.39. The van der Waals surface area contributed by atoms with Gasteiger partial charge in [-0.25, -0.2) is 0 Å². The third-order valence-corrected chi connectivity index (χ3v) is 5.96. The third-order valence-electron chi connectivity index (χ3n) is 5.10. The number of thiophene rings is 1. The summed E-state index contributed by atoms with van der Waals surface area (Å²) in [5.74, 6) is 0. The zero-order chi connectivity index (χ0) is 16.9. The van der Waals surface area contributed by atoms with E-state index in [-0.39, 0.29) is 0 Å². The molecule has 0 aromatic carbocycles. The summed E-state index contributed by atoms with van der Waals surface area (Å²) >= 11 is 1.86. The molecular formula is C19H30N4S. The summed E-state index contributed by atoms with van der Waals surface area (Å²) in [6.07, 6.45) is 4.91. The largest absolute Gasteiger partial charge is 0.299 e. The van der Waals surface area contributed by atoms with E-state index < -0.39 is 0 Å². The van der Waals surface area contributed by atoms with Gasteiger partial charge in [-0.05, 0) is 51.2 Å². The Balaban J connectivity index is 1.72. The summed E-state index contributed by atoms with van der Waals surface area (Å²) in [5, 5.41) is 6.81. The van der Waals surface area contributed by atoms with Crippen LogP contribution in [0.15, 0.2) is 23.7 Å². The minimum Gasteiger partial charge on any atom is -0.299 e. The van der Waals surface area contributed by atoms with Crippen molar-refractivity contribution in [2.24, 2.45) is 0 Å². The van der Waals surface area contributed by atoms with Crippen LogP contribution in [0.4, 0.5) is 0 Å². The van der Waals surface area contributed by atoms with E-state index in [4.69, 9.17) is 0 Å². The molecule has 4 nitrogen and oxygen atoms in total. The summed E-state index contributed by atoms with van der Waals surface area (Å²) in [5.41, 5.74) is 2.54. The second-order valence-corrected chi connectivity index (χ2v) is 7.80. The normalized spacial score (nSPS) is 18.8. The molecule has 3 heterocycles. The molecule has 5 heteroatoms. The van der Waals surface area contributed by atoms with E-state index in [0.29, 0.717) is 6.04 Å². The molecule has 132 valence electrons. The molecule has 2 aromatic rings. The van der Waals surface area contributed by atoms with E-state index >= 15 is 0 Å². The summed E-state index contributed by atoms with van der Waals surface area (Å²) in [6.45, 7) is 13.2. The van der Waals surface area contributed by atoms with Gasteiger partial charge in [-0.1, -0.05) is 13.0 Å². The van der Waals surface area contributed by atoms with Crippen LogP contribution >= 0.6 is 11.3 Å². The molecule has 2 aromatic heterocycles. The molecule has 0 aliphatic carbocycles. The first-order chi connectivity index (χ1) is 11.7. The van der Waals surface area contributed by atoms with Gasteiger partial charge in [-0.2, -0.15) is 5.10 Å². The average molecular weight is 347 g/mol. The lowest BCUT2D eigenvalue weighted by molar-refractivity contribution is 0.167. The first kappa shape index (κ1) is 17.6. The highest BCUT2D eigenvalue weighted by Crippen LogP contribution is 2.22. The minimum absolute atomic E-state index is 0.705. The molecule has 0 bridgehead atoms. The van der Waals surface area contributed by atoms with Crippen LogP contribution in [0.3, 0.4) is 0 Å². The van der Waals surface area contributed by atoms with Gasteiger partial charge in [0.25, 0.3) is 0 Å². The van der Waals surface area contributed by atoms with Crippen molar-refractivity contribution < 1.29 is 0 Å². The fraction of sp³-hybridized carbons (Fsp3) is 0.632. The minimum atomic E-state index is 0.705. The number of hydrogen-bond acceptors (Lipinski definition) is 4. The molecule has 0 saturated carbocycles. The van der Waals surface area contributed by atoms with Gasteiger partial charge in [-0.3, -0.25) is 14.5 Å². The summed E-state index contributed by atoms with van der Waals surface area (Å²) in [4.78, 5) is 6.72. The van der Waals surface area contributed by atoms with E-state index in [9.17, 15) is 0 Å². The molecule has 1 atom stereocenters. The van der Waals surface area contributed by atoms with Crippen molar-refractivity contribution in [3.05, 3.63) is 39.8 Å². The Morgan fingerprint density at radius 2 is 2.17 bits per heavy atom. The second-order valence-electron chi connectivity index (χ2n) is 6.77. The van der Waals surface area contributed by atoms with Gasteiger partial charge in [0.2, 0.25) is 0 Å². The first-order valence-electron chi connectivity index (χ1n) is 9.21. The van der Waals surface area contributed by atoms with Crippen LogP contribution in [-0.4, -0.2) is 45.3 Å². The van der Waals surface area contributed by atoms with Gasteiger partial charge in [-0.15, -0.1) is 11.3 Å².